The van der Waals surface area contributed by atoms with Crippen LogP contribution in [-0.2, 0) is 19.1 Å². The first-order chi connectivity index (χ1) is 18.6. The third kappa shape index (κ3) is 4.32. The molecule has 9 heteroatoms. The van der Waals surface area contributed by atoms with Gasteiger partial charge in [0.25, 0.3) is 5.91 Å². The molecule has 1 N–H and O–H groups in total. The molecular weight excluding hydrogens is 518 g/mol. The predicted octanol–water partition coefficient (Wildman–Crippen LogP) is 3.43. The van der Waals surface area contributed by atoms with Gasteiger partial charge in [0.15, 0.2) is 0 Å². The summed E-state index contributed by atoms with van der Waals surface area (Å²) in [5.74, 6) is -2.35. The molecule has 1 aromatic rings. The van der Waals surface area contributed by atoms with Gasteiger partial charge < -0.3 is 24.5 Å². The first-order valence-electron chi connectivity index (χ1n) is 13.9. The van der Waals surface area contributed by atoms with Crippen molar-refractivity contribution in [2.45, 2.75) is 63.8 Å². The minimum absolute atomic E-state index is 0.141. The summed E-state index contributed by atoms with van der Waals surface area (Å²) in [5.41, 5.74) is -1.90. The van der Waals surface area contributed by atoms with Gasteiger partial charge in [0, 0.05) is 19.6 Å². The average molecular weight is 556 g/mol. The molecule has 39 heavy (non-hydrogen) atoms. The number of amides is 3. The van der Waals surface area contributed by atoms with Crippen molar-refractivity contribution in [1.82, 2.24) is 9.80 Å². The standard InChI is InChI=1S/C30H38ClN3O5/c1-5-14-32-15-8-12-29(4)23(26(32)36)24-27(37)34(20(18-35)17-19(2)3)25-28(38)33(16-9-13-30(24,25)39-29)22-11-7-6-10-21(22)31/h6-13,19-20,23-25,35H,5,14-18H2,1-4H3/t20-,23-,24+,25?,29+,30+/m1/s1. The first kappa shape index (κ1) is 27.9. The number of aliphatic hydroxyl groups excluding tert-OH is 1. The molecule has 1 aromatic carbocycles. The topological polar surface area (TPSA) is 90.4 Å². The summed E-state index contributed by atoms with van der Waals surface area (Å²) >= 11 is 6.53. The van der Waals surface area contributed by atoms with Crippen LogP contribution in [0.15, 0.2) is 48.6 Å². The summed E-state index contributed by atoms with van der Waals surface area (Å²) in [6.07, 6.45) is 8.77. The van der Waals surface area contributed by atoms with Crippen molar-refractivity contribution in [1.29, 1.82) is 0 Å². The highest BCUT2D eigenvalue weighted by atomic mass is 35.5. The first-order valence-corrected chi connectivity index (χ1v) is 14.3. The van der Waals surface area contributed by atoms with E-state index in [0.29, 0.717) is 30.2 Å². The predicted molar refractivity (Wildman–Crippen MR) is 149 cm³/mol. The van der Waals surface area contributed by atoms with E-state index in [-0.39, 0.29) is 36.8 Å². The molecule has 4 aliphatic heterocycles. The number of carbonyl (C=O) groups excluding carboxylic acids is 3. The Morgan fingerprint density at radius 1 is 1.05 bits per heavy atom. The zero-order valence-electron chi connectivity index (χ0n) is 23.0. The molecule has 4 aliphatic rings. The Morgan fingerprint density at radius 3 is 2.44 bits per heavy atom. The minimum Gasteiger partial charge on any atom is -0.394 e. The molecule has 8 nitrogen and oxygen atoms in total. The minimum atomic E-state index is -1.37. The van der Waals surface area contributed by atoms with Crippen molar-refractivity contribution in [2.24, 2.45) is 17.8 Å². The van der Waals surface area contributed by atoms with E-state index in [1.54, 1.807) is 28.0 Å². The number of hydrogen-bond acceptors (Lipinski definition) is 5. The van der Waals surface area contributed by atoms with Crippen molar-refractivity contribution < 1.29 is 24.2 Å². The molecule has 6 atom stereocenters. The second-order valence-corrected chi connectivity index (χ2v) is 12.1. The van der Waals surface area contributed by atoms with Gasteiger partial charge in [-0.25, -0.2) is 0 Å². The van der Waals surface area contributed by atoms with E-state index in [9.17, 15) is 19.5 Å². The lowest BCUT2D eigenvalue weighted by molar-refractivity contribution is -0.151. The number of rotatable bonds is 7. The summed E-state index contributed by atoms with van der Waals surface area (Å²) in [7, 11) is 0. The maximum atomic E-state index is 14.6. The van der Waals surface area contributed by atoms with Crippen molar-refractivity contribution in [2.75, 3.05) is 31.1 Å². The van der Waals surface area contributed by atoms with E-state index in [1.165, 1.54) is 4.90 Å². The normalized spacial score (nSPS) is 32.8. The Balaban J connectivity index is 1.68. The number of benzene rings is 1. The molecule has 5 rings (SSSR count). The number of likely N-dealkylation sites (tertiary alicyclic amines) is 1. The van der Waals surface area contributed by atoms with Crippen molar-refractivity contribution in [3.05, 3.63) is 53.6 Å². The van der Waals surface area contributed by atoms with Gasteiger partial charge in [-0.3, -0.25) is 14.4 Å². The smallest absolute Gasteiger partial charge is 0.253 e. The third-order valence-corrected chi connectivity index (χ3v) is 8.88. The largest absolute Gasteiger partial charge is 0.394 e. The molecular formula is C30H38ClN3O5. The number of hydrogen-bond donors (Lipinski definition) is 1. The maximum absolute atomic E-state index is 14.6. The van der Waals surface area contributed by atoms with Crippen molar-refractivity contribution >= 4 is 35.0 Å². The van der Waals surface area contributed by atoms with Gasteiger partial charge >= 0.3 is 0 Å². The molecule has 2 saturated heterocycles. The Labute approximate surface area is 235 Å². The van der Waals surface area contributed by atoms with Crippen LogP contribution in [-0.4, -0.2) is 82.2 Å². The van der Waals surface area contributed by atoms with E-state index in [4.69, 9.17) is 16.3 Å². The monoisotopic (exact) mass is 555 g/mol. The molecule has 1 spiro atoms. The Kier molecular flexibility index (Phi) is 7.42. The number of aliphatic hydroxyl groups is 1. The second-order valence-electron chi connectivity index (χ2n) is 11.7. The van der Waals surface area contributed by atoms with Gasteiger partial charge in [0.1, 0.15) is 11.6 Å². The van der Waals surface area contributed by atoms with Crippen LogP contribution < -0.4 is 4.90 Å². The van der Waals surface area contributed by atoms with Crippen LogP contribution >= 0.6 is 11.6 Å². The van der Waals surface area contributed by atoms with Crippen LogP contribution in [0.3, 0.4) is 0 Å². The van der Waals surface area contributed by atoms with Crippen LogP contribution in [0.2, 0.25) is 5.02 Å². The van der Waals surface area contributed by atoms with E-state index in [0.717, 1.165) is 6.42 Å². The number of para-hydroxylation sites is 1. The van der Waals surface area contributed by atoms with Crippen LogP contribution in [0.1, 0.15) is 40.5 Å². The molecule has 0 aliphatic carbocycles. The second kappa shape index (κ2) is 10.4. The molecule has 0 aromatic heterocycles. The van der Waals surface area contributed by atoms with Crippen molar-refractivity contribution in [3.8, 4) is 0 Å². The Morgan fingerprint density at radius 2 is 1.77 bits per heavy atom. The number of anilines is 1. The van der Waals surface area contributed by atoms with E-state index in [2.05, 4.69) is 0 Å². The van der Waals surface area contributed by atoms with Crippen LogP contribution in [0.25, 0.3) is 0 Å². The van der Waals surface area contributed by atoms with E-state index >= 15 is 0 Å². The molecule has 0 radical (unpaired) electrons. The summed E-state index contributed by atoms with van der Waals surface area (Å²) < 4.78 is 6.86. The van der Waals surface area contributed by atoms with E-state index in [1.807, 2.05) is 58.1 Å². The average Bonchev–Trinajstić information content (AvgIpc) is 3.17. The van der Waals surface area contributed by atoms with Crippen molar-refractivity contribution in [3.63, 3.8) is 0 Å². The number of carbonyl (C=O) groups is 3. The quantitative estimate of drug-likeness (QED) is 0.521. The Hall–Kier alpha value is -2.68. The number of halogens is 1. The number of nitrogens with zero attached hydrogens (tertiary/aromatic N) is 3. The molecule has 1 unspecified atom stereocenters. The van der Waals surface area contributed by atoms with Gasteiger partial charge in [-0.05, 0) is 37.8 Å². The fourth-order valence-corrected chi connectivity index (χ4v) is 7.32. The molecule has 4 heterocycles. The summed E-state index contributed by atoms with van der Waals surface area (Å²) in [5, 5.41) is 10.9. The van der Waals surface area contributed by atoms with Gasteiger partial charge in [-0.2, -0.15) is 0 Å². The lowest BCUT2D eigenvalue weighted by Gasteiger charge is -2.40. The lowest BCUT2D eigenvalue weighted by Crippen LogP contribution is -2.59. The zero-order valence-corrected chi connectivity index (χ0v) is 23.8. The highest BCUT2D eigenvalue weighted by Gasteiger charge is 2.75. The fourth-order valence-electron chi connectivity index (χ4n) is 7.08. The molecule has 2 fully saturated rings. The molecule has 3 amide bonds. The fraction of sp³-hybridized carbons (Fsp3) is 0.567. The zero-order chi connectivity index (χ0) is 28.1. The molecule has 210 valence electrons. The lowest BCUT2D eigenvalue weighted by atomic mass is 9.74. The van der Waals surface area contributed by atoms with Crippen LogP contribution in [0, 0.1) is 17.8 Å². The molecule has 0 saturated carbocycles. The molecule has 0 bridgehead atoms. The summed E-state index contributed by atoms with van der Waals surface area (Å²) in [6.45, 7) is 8.84. The van der Waals surface area contributed by atoms with Gasteiger partial charge in [0.05, 0.1) is 40.8 Å². The van der Waals surface area contributed by atoms with Gasteiger partial charge in [0.2, 0.25) is 11.8 Å². The highest BCUT2D eigenvalue weighted by molar-refractivity contribution is 6.34. The number of ether oxygens (including phenoxy) is 1. The highest BCUT2D eigenvalue weighted by Crippen LogP contribution is 2.58. The summed E-state index contributed by atoms with van der Waals surface area (Å²) in [4.78, 5) is 48.0. The van der Waals surface area contributed by atoms with Crippen LogP contribution in [0.4, 0.5) is 5.69 Å². The Bertz CT molecular complexity index is 1220. The van der Waals surface area contributed by atoms with Gasteiger partial charge in [-0.1, -0.05) is 68.8 Å². The van der Waals surface area contributed by atoms with E-state index < -0.39 is 35.1 Å². The maximum Gasteiger partial charge on any atom is 0.253 e. The SMILES string of the molecule is CCCN1CC=C[C@]2(C)O[C@]34C=CCN(c5ccccc5Cl)C(=O)C3N([C@@H](CO)CC(C)C)C(=O)[C@@H]4[C@@H]2C1=O. The van der Waals surface area contributed by atoms with Gasteiger partial charge in [-0.15, -0.1) is 0 Å². The van der Waals surface area contributed by atoms with Crippen LogP contribution in [0.5, 0.6) is 0 Å². The number of fused-ring (bicyclic) bond motifs is 2. The third-order valence-electron chi connectivity index (χ3n) is 8.56. The summed E-state index contributed by atoms with van der Waals surface area (Å²) in [6, 6.07) is 5.44.